The summed E-state index contributed by atoms with van der Waals surface area (Å²) in [5, 5.41) is 3.58. The molecule has 1 aromatic heterocycles. The maximum absolute atomic E-state index is 3.58. The standard InChI is InChI=1S/C17H22BrNS/c1-3-5-6-13-7-9-14(10-8-13)17(19-4-2)15-11-12-16(18)20-15/h7-12,17,19H,3-6H2,1-2H3. The molecule has 0 saturated carbocycles. The lowest BCUT2D eigenvalue weighted by molar-refractivity contribution is 0.639. The molecular weight excluding hydrogens is 330 g/mol. The van der Waals surface area contributed by atoms with Gasteiger partial charge in [-0.1, -0.05) is 44.5 Å². The van der Waals surface area contributed by atoms with E-state index in [-0.39, 0.29) is 0 Å². The van der Waals surface area contributed by atoms with Crippen molar-refractivity contribution in [2.45, 2.75) is 39.2 Å². The van der Waals surface area contributed by atoms with Crippen LogP contribution in [0.4, 0.5) is 0 Å². The van der Waals surface area contributed by atoms with E-state index in [4.69, 9.17) is 0 Å². The lowest BCUT2D eigenvalue weighted by Crippen LogP contribution is -2.21. The SMILES string of the molecule is CCCCc1ccc(C(NCC)c2ccc(Br)s2)cc1. The van der Waals surface area contributed by atoms with Gasteiger partial charge in [0.25, 0.3) is 0 Å². The second-order valence-electron chi connectivity index (χ2n) is 4.98. The van der Waals surface area contributed by atoms with Crippen molar-refractivity contribution in [3.8, 4) is 0 Å². The molecule has 0 spiro atoms. The third-order valence-electron chi connectivity index (χ3n) is 3.42. The highest BCUT2D eigenvalue weighted by Gasteiger charge is 2.14. The molecule has 0 aliphatic heterocycles. The summed E-state index contributed by atoms with van der Waals surface area (Å²) in [5.74, 6) is 0. The third kappa shape index (κ3) is 4.18. The van der Waals surface area contributed by atoms with E-state index in [9.17, 15) is 0 Å². The Kier molecular flexibility index (Phi) is 6.27. The minimum absolute atomic E-state index is 0.302. The number of unbranched alkanes of at least 4 members (excludes halogenated alkanes) is 1. The molecule has 3 heteroatoms. The molecule has 2 rings (SSSR count). The Morgan fingerprint density at radius 2 is 1.85 bits per heavy atom. The van der Waals surface area contributed by atoms with Crippen LogP contribution in [-0.2, 0) is 6.42 Å². The summed E-state index contributed by atoms with van der Waals surface area (Å²) in [4.78, 5) is 1.36. The first-order valence-corrected chi connectivity index (χ1v) is 8.93. The Morgan fingerprint density at radius 3 is 2.40 bits per heavy atom. The Balaban J connectivity index is 2.17. The summed E-state index contributed by atoms with van der Waals surface area (Å²) in [5.41, 5.74) is 2.79. The Bertz CT molecular complexity index is 518. The summed E-state index contributed by atoms with van der Waals surface area (Å²) in [6.07, 6.45) is 3.71. The van der Waals surface area contributed by atoms with Gasteiger partial charge in [0.1, 0.15) is 0 Å². The van der Waals surface area contributed by atoms with Crippen LogP contribution in [0.25, 0.3) is 0 Å². The van der Waals surface area contributed by atoms with E-state index in [1.165, 1.54) is 39.1 Å². The summed E-state index contributed by atoms with van der Waals surface area (Å²) in [6.45, 7) is 5.37. The molecule has 0 saturated heterocycles. The van der Waals surface area contributed by atoms with Crippen LogP contribution in [0.5, 0.6) is 0 Å². The van der Waals surface area contributed by atoms with Gasteiger partial charge in [0.2, 0.25) is 0 Å². The Labute approximate surface area is 134 Å². The van der Waals surface area contributed by atoms with Crippen molar-refractivity contribution >= 4 is 27.3 Å². The summed E-state index contributed by atoms with van der Waals surface area (Å²) in [6, 6.07) is 13.7. The van der Waals surface area contributed by atoms with Gasteiger partial charge in [0, 0.05) is 4.88 Å². The minimum Gasteiger partial charge on any atom is -0.306 e. The second-order valence-corrected chi connectivity index (χ2v) is 7.47. The largest absolute Gasteiger partial charge is 0.306 e. The fraction of sp³-hybridized carbons (Fsp3) is 0.412. The van der Waals surface area contributed by atoms with Crippen LogP contribution in [-0.4, -0.2) is 6.54 Å². The molecular formula is C17H22BrNS. The van der Waals surface area contributed by atoms with E-state index >= 15 is 0 Å². The normalized spacial score (nSPS) is 12.6. The molecule has 0 aliphatic carbocycles. The molecule has 0 radical (unpaired) electrons. The Hall–Kier alpha value is -0.640. The lowest BCUT2D eigenvalue weighted by Gasteiger charge is -2.17. The van der Waals surface area contributed by atoms with Gasteiger partial charge >= 0.3 is 0 Å². The molecule has 1 atom stereocenters. The number of hydrogen-bond donors (Lipinski definition) is 1. The minimum atomic E-state index is 0.302. The number of aryl methyl sites for hydroxylation is 1. The third-order valence-corrected chi connectivity index (χ3v) is 5.11. The van der Waals surface area contributed by atoms with E-state index in [2.05, 4.69) is 71.5 Å². The topological polar surface area (TPSA) is 12.0 Å². The zero-order chi connectivity index (χ0) is 14.4. The summed E-state index contributed by atoms with van der Waals surface area (Å²) >= 11 is 5.36. The average Bonchev–Trinajstić information content (AvgIpc) is 2.89. The quantitative estimate of drug-likeness (QED) is 0.689. The molecule has 1 unspecified atom stereocenters. The van der Waals surface area contributed by atoms with Gasteiger partial charge in [0.15, 0.2) is 0 Å². The fourth-order valence-corrected chi connectivity index (χ4v) is 3.86. The van der Waals surface area contributed by atoms with Crippen LogP contribution in [0.1, 0.15) is 48.7 Å². The van der Waals surface area contributed by atoms with Crippen molar-refractivity contribution in [1.82, 2.24) is 5.32 Å². The van der Waals surface area contributed by atoms with Gasteiger partial charge in [-0.2, -0.15) is 0 Å². The zero-order valence-electron chi connectivity index (χ0n) is 12.2. The number of benzene rings is 1. The molecule has 20 heavy (non-hydrogen) atoms. The van der Waals surface area contributed by atoms with Crippen LogP contribution in [0.15, 0.2) is 40.2 Å². The van der Waals surface area contributed by atoms with Crippen LogP contribution >= 0.6 is 27.3 Å². The van der Waals surface area contributed by atoms with Gasteiger partial charge in [-0.15, -0.1) is 11.3 Å². The number of hydrogen-bond acceptors (Lipinski definition) is 2. The maximum Gasteiger partial charge on any atom is 0.0702 e. The molecule has 0 fully saturated rings. The van der Waals surface area contributed by atoms with Crippen molar-refractivity contribution < 1.29 is 0 Å². The second kappa shape index (κ2) is 7.96. The average molecular weight is 352 g/mol. The highest BCUT2D eigenvalue weighted by atomic mass is 79.9. The van der Waals surface area contributed by atoms with Crippen LogP contribution < -0.4 is 5.32 Å². The van der Waals surface area contributed by atoms with E-state index in [1.807, 2.05) is 0 Å². The van der Waals surface area contributed by atoms with Crippen molar-refractivity contribution in [2.75, 3.05) is 6.54 Å². The molecule has 1 aromatic carbocycles. The molecule has 2 aromatic rings. The Morgan fingerprint density at radius 1 is 1.10 bits per heavy atom. The maximum atomic E-state index is 3.58. The van der Waals surface area contributed by atoms with Crippen LogP contribution in [0, 0.1) is 0 Å². The van der Waals surface area contributed by atoms with Crippen molar-refractivity contribution in [1.29, 1.82) is 0 Å². The number of thiophene rings is 1. The van der Waals surface area contributed by atoms with Crippen molar-refractivity contribution in [2.24, 2.45) is 0 Å². The van der Waals surface area contributed by atoms with Crippen molar-refractivity contribution in [3.05, 3.63) is 56.2 Å². The number of nitrogens with one attached hydrogen (secondary N) is 1. The molecule has 0 amide bonds. The van der Waals surface area contributed by atoms with E-state index in [0.717, 1.165) is 6.54 Å². The lowest BCUT2D eigenvalue weighted by atomic mass is 10.0. The fourth-order valence-electron chi connectivity index (χ4n) is 2.33. The molecule has 108 valence electrons. The van der Waals surface area contributed by atoms with Gasteiger partial charge < -0.3 is 5.32 Å². The van der Waals surface area contributed by atoms with Crippen LogP contribution in [0.2, 0.25) is 0 Å². The molecule has 1 nitrogen and oxygen atoms in total. The van der Waals surface area contributed by atoms with E-state index in [1.54, 1.807) is 11.3 Å². The highest BCUT2D eigenvalue weighted by molar-refractivity contribution is 9.11. The molecule has 1 heterocycles. The predicted molar refractivity (Wildman–Crippen MR) is 92.6 cm³/mol. The predicted octanol–water partition coefficient (Wildman–Crippen LogP) is 5.55. The van der Waals surface area contributed by atoms with Gasteiger partial charge in [-0.05, 0) is 58.6 Å². The summed E-state index contributed by atoms with van der Waals surface area (Å²) in [7, 11) is 0. The number of rotatable bonds is 7. The number of halogens is 1. The van der Waals surface area contributed by atoms with E-state index < -0.39 is 0 Å². The zero-order valence-corrected chi connectivity index (χ0v) is 14.6. The molecule has 0 aliphatic rings. The van der Waals surface area contributed by atoms with Gasteiger partial charge in [-0.3, -0.25) is 0 Å². The van der Waals surface area contributed by atoms with Gasteiger partial charge in [-0.25, -0.2) is 0 Å². The monoisotopic (exact) mass is 351 g/mol. The first-order chi connectivity index (χ1) is 9.74. The summed E-state index contributed by atoms with van der Waals surface area (Å²) < 4.78 is 1.19. The smallest absolute Gasteiger partial charge is 0.0702 e. The van der Waals surface area contributed by atoms with Crippen LogP contribution in [0.3, 0.4) is 0 Å². The molecule has 0 bridgehead atoms. The van der Waals surface area contributed by atoms with Crippen molar-refractivity contribution in [3.63, 3.8) is 0 Å². The van der Waals surface area contributed by atoms with E-state index in [0.29, 0.717) is 6.04 Å². The molecule has 1 N–H and O–H groups in total. The highest BCUT2D eigenvalue weighted by Crippen LogP contribution is 2.31. The first-order valence-electron chi connectivity index (χ1n) is 7.32. The first kappa shape index (κ1) is 15.7. The van der Waals surface area contributed by atoms with Gasteiger partial charge in [0.05, 0.1) is 9.83 Å².